The Morgan fingerprint density at radius 1 is 1.18 bits per heavy atom. The maximum Gasteiger partial charge on any atom is 0.180 e. The maximum absolute atomic E-state index is 12.1. The van der Waals surface area contributed by atoms with Gasteiger partial charge in [-0.2, -0.15) is 0 Å². The fourth-order valence-corrected chi connectivity index (χ4v) is 3.08. The highest BCUT2D eigenvalue weighted by Gasteiger charge is 2.22. The first-order valence-electron chi connectivity index (χ1n) is 5.72. The van der Waals surface area contributed by atoms with E-state index in [-0.39, 0.29) is 11.7 Å². The SMILES string of the molecule is Cc1ccc(S(=O)(=O)CC(O)C(C)C)cc1C. The summed E-state index contributed by atoms with van der Waals surface area (Å²) >= 11 is 0. The average Bonchev–Trinajstić information content (AvgIpc) is 2.21. The third-order valence-corrected chi connectivity index (χ3v) is 4.75. The third-order valence-electron chi connectivity index (χ3n) is 3.00. The lowest BCUT2D eigenvalue weighted by Gasteiger charge is -2.15. The van der Waals surface area contributed by atoms with Crippen LogP contribution in [0.1, 0.15) is 25.0 Å². The molecule has 1 unspecified atom stereocenters. The molecule has 0 spiro atoms. The van der Waals surface area contributed by atoms with Crippen molar-refractivity contribution < 1.29 is 13.5 Å². The fourth-order valence-electron chi connectivity index (χ4n) is 1.42. The number of sulfone groups is 1. The van der Waals surface area contributed by atoms with E-state index in [0.29, 0.717) is 4.90 Å². The average molecular weight is 256 g/mol. The standard InChI is InChI=1S/C13H20O3S/c1-9(2)13(14)8-17(15,16)12-6-5-10(3)11(4)7-12/h5-7,9,13-14H,8H2,1-4H3. The van der Waals surface area contributed by atoms with Crippen LogP contribution < -0.4 is 0 Å². The van der Waals surface area contributed by atoms with Crippen LogP contribution in [0.4, 0.5) is 0 Å². The Kier molecular flexibility index (Phi) is 4.33. The molecule has 1 aromatic carbocycles. The van der Waals surface area contributed by atoms with Gasteiger partial charge in [0.1, 0.15) is 0 Å². The van der Waals surface area contributed by atoms with Gasteiger partial charge in [-0.05, 0) is 43.0 Å². The van der Waals surface area contributed by atoms with E-state index >= 15 is 0 Å². The predicted octanol–water partition coefficient (Wildman–Crippen LogP) is 2.09. The van der Waals surface area contributed by atoms with Gasteiger partial charge in [0.25, 0.3) is 0 Å². The maximum atomic E-state index is 12.1. The van der Waals surface area contributed by atoms with Crippen molar-refractivity contribution in [2.75, 3.05) is 5.75 Å². The number of aliphatic hydroxyl groups is 1. The molecule has 4 heteroatoms. The van der Waals surface area contributed by atoms with Gasteiger partial charge < -0.3 is 5.11 Å². The molecule has 0 radical (unpaired) electrons. The van der Waals surface area contributed by atoms with Gasteiger partial charge in [0, 0.05) is 0 Å². The highest BCUT2D eigenvalue weighted by atomic mass is 32.2. The lowest BCUT2D eigenvalue weighted by atomic mass is 10.1. The van der Waals surface area contributed by atoms with Gasteiger partial charge in [-0.25, -0.2) is 8.42 Å². The minimum Gasteiger partial charge on any atom is -0.392 e. The Hall–Kier alpha value is -0.870. The zero-order chi connectivity index (χ0) is 13.2. The zero-order valence-corrected chi connectivity index (χ0v) is 11.6. The summed E-state index contributed by atoms with van der Waals surface area (Å²) in [4.78, 5) is 0.292. The summed E-state index contributed by atoms with van der Waals surface area (Å²) in [6.45, 7) is 7.43. The quantitative estimate of drug-likeness (QED) is 0.897. The zero-order valence-electron chi connectivity index (χ0n) is 10.8. The molecule has 0 amide bonds. The summed E-state index contributed by atoms with van der Waals surface area (Å²) in [5, 5.41) is 9.67. The van der Waals surface area contributed by atoms with Crippen LogP contribution >= 0.6 is 0 Å². The second-order valence-corrected chi connectivity index (χ2v) is 6.87. The van der Waals surface area contributed by atoms with Gasteiger partial charge in [-0.3, -0.25) is 0 Å². The molecular formula is C13H20O3S. The Morgan fingerprint density at radius 3 is 2.24 bits per heavy atom. The van der Waals surface area contributed by atoms with Gasteiger partial charge in [0.2, 0.25) is 0 Å². The molecule has 0 saturated carbocycles. The van der Waals surface area contributed by atoms with E-state index in [4.69, 9.17) is 0 Å². The van der Waals surface area contributed by atoms with E-state index in [1.54, 1.807) is 32.0 Å². The van der Waals surface area contributed by atoms with Crippen molar-refractivity contribution in [2.45, 2.75) is 38.7 Å². The summed E-state index contributed by atoms with van der Waals surface area (Å²) in [5.41, 5.74) is 2.01. The molecule has 1 N–H and O–H groups in total. The molecule has 0 heterocycles. The molecule has 0 aliphatic heterocycles. The largest absolute Gasteiger partial charge is 0.392 e. The van der Waals surface area contributed by atoms with Crippen LogP contribution in [0.15, 0.2) is 23.1 Å². The molecule has 3 nitrogen and oxygen atoms in total. The van der Waals surface area contributed by atoms with E-state index < -0.39 is 15.9 Å². The van der Waals surface area contributed by atoms with Crippen molar-refractivity contribution in [1.82, 2.24) is 0 Å². The molecule has 0 saturated heterocycles. The first kappa shape index (κ1) is 14.2. The van der Waals surface area contributed by atoms with E-state index in [1.807, 2.05) is 13.8 Å². The van der Waals surface area contributed by atoms with Gasteiger partial charge in [-0.1, -0.05) is 19.9 Å². The summed E-state index contributed by atoms with van der Waals surface area (Å²) in [7, 11) is -3.39. The summed E-state index contributed by atoms with van der Waals surface area (Å²) < 4.78 is 24.1. The number of benzene rings is 1. The minimum atomic E-state index is -3.39. The molecule has 0 aromatic heterocycles. The molecule has 0 aliphatic carbocycles. The lowest BCUT2D eigenvalue weighted by Crippen LogP contribution is -2.25. The molecule has 0 bridgehead atoms. The molecule has 1 aromatic rings. The highest BCUT2D eigenvalue weighted by Crippen LogP contribution is 2.18. The highest BCUT2D eigenvalue weighted by molar-refractivity contribution is 7.91. The van der Waals surface area contributed by atoms with Crippen molar-refractivity contribution in [1.29, 1.82) is 0 Å². The van der Waals surface area contributed by atoms with E-state index in [2.05, 4.69) is 0 Å². The van der Waals surface area contributed by atoms with Crippen LogP contribution in [0.3, 0.4) is 0 Å². The molecule has 0 aliphatic rings. The first-order chi connectivity index (χ1) is 7.74. The van der Waals surface area contributed by atoms with Crippen molar-refractivity contribution in [2.24, 2.45) is 5.92 Å². The second kappa shape index (κ2) is 5.19. The van der Waals surface area contributed by atoms with E-state index in [1.165, 1.54) is 0 Å². The van der Waals surface area contributed by atoms with Crippen LogP contribution in [-0.4, -0.2) is 25.4 Å². The van der Waals surface area contributed by atoms with Crippen molar-refractivity contribution in [3.8, 4) is 0 Å². The number of hydrogen-bond donors (Lipinski definition) is 1. The van der Waals surface area contributed by atoms with Crippen molar-refractivity contribution in [3.05, 3.63) is 29.3 Å². The number of aliphatic hydroxyl groups excluding tert-OH is 1. The second-order valence-electron chi connectivity index (χ2n) is 4.84. The topological polar surface area (TPSA) is 54.4 Å². The Labute approximate surface area is 103 Å². The van der Waals surface area contributed by atoms with E-state index in [9.17, 15) is 13.5 Å². The number of aryl methyl sites for hydroxylation is 2. The molecule has 17 heavy (non-hydrogen) atoms. The van der Waals surface area contributed by atoms with Crippen LogP contribution in [0.2, 0.25) is 0 Å². The minimum absolute atomic E-state index is 0.0590. The summed E-state index contributed by atoms with van der Waals surface area (Å²) in [6.07, 6.45) is -0.818. The molecule has 0 fully saturated rings. The normalized spacial score (nSPS) is 14.0. The van der Waals surface area contributed by atoms with Gasteiger partial charge in [0.15, 0.2) is 9.84 Å². The lowest BCUT2D eigenvalue weighted by molar-refractivity contribution is 0.147. The molecule has 96 valence electrons. The van der Waals surface area contributed by atoms with Crippen LogP contribution in [-0.2, 0) is 9.84 Å². The third kappa shape index (κ3) is 3.54. The van der Waals surface area contributed by atoms with Crippen LogP contribution in [0.25, 0.3) is 0 Å². The van der Waals surface area contributed by atoms with Gasteiger partial charge >= 0.3 is 0 Å². The van der Waals surface area contributed by atoms with Gasteiger partial charge in [0.05, 0.1) is 16.8 Å². The monoisotopic (exact) mass is 256 g/mol. The fraction of sp³-hybridized carbons (Fsp3) is 0.538. The summed E-state index contributed by atoms with van der Waals surface area (Å²) in [6, 6.07) is 5.06. The molecule has 1 rings (SSSR count). The molecule has 1 atom stereocenters. The predicted molar refractivity (Wildman–Crippen MR) is 68.8 cm³/mol. The van der Waals surface area contributed by atoms with E-state index in [0.717, 1.165) is 11.1 Å². The Balaban J connectivity index is 3.01. The van der Waals surface area contributed by atoms with Crippen LogP contribution in [0.5, 0.6) is 0 Å². The van der Waals surface area contributed by atoms with Crippen LogP contribution in [0, 0.1) is 19.8 Å². The number of rotatable bonds is 4. The number of hydrogen-bond acceptors (Lipinski definition) is 3. The summed E-state index contributed by atoms with van der Waals surface area (Å²) in [5.74, 6) is -0.274. The van der Waals surface area contributed by atoms with Crippen molar-refractivity contribution >= 4 is 9.84 Å². The van der Waals surface area contributed by atoms with Crippen molar-refractivity contribution in [3.63, 3.8) is 0 Å². The Bertz CT molecular complexity index is 489. The van der Waals surface area contributed by atoms with Gasteiger partial charge in [-0.15, -0.1) is 0 Å². The Morgan fingerprint density at radius 2 is 1.76 bits per heavy atom. The smallest absolute Gasteiger partial charge is 0.180 e. The first-order valence-corrected chi connectivity index (χ1v) is 7.37. The molecular weight excluding hydrogens is 236 g/mol.